The number of hydrogen-bond donors (Lipinski definition) is 0. The molecule has 4 rings (SSSR count). The van der Waals surface area contributed by atoms with Crippen LogP contribution in [0, 0.1) is 5.82 Å². The minimum absolute atomic E-state index is 0.0483. The van der Waals surface area contributed by atoms with Crippen LogP contribution < -0.4 is 0 Å². The molecule has 0 N–H and O–H groups in total. The molecule has 1 aromatic heterocycles. The predicted molar refractivity (Wildman–Crippen MR) is 130 cm³/mol. The lowest BCUT2D eigenvalue weighted by Gasteiger charge is -2.33. The molecular weight excluding hydrogens is 471 g/mol. The smallest absolute Gasteiger partial charge is 0.320 e. The van der Waals surface area contributed by atoms with Gasteiger partial charge in [-0.3, -0.25) is 19.3 Å². The van der Waals surface area contributed by atoms with Crippen molar-refractivity contribution in [2.45, 2.75) is 32.1 Å². The molecule has 2 fully saturated rings. The number of benzene rings is 1. The van der Waals surface area contributed by atoms with Gasteiger partial charge in [0.2, 0.25) is 5.91 Å². The molecule has 0 aliphatic carbocycles. The molecule has 0 unspecified atom stereocenters. The normalized spacial score (nSPS) is 17.4. The van der Waals surface area contributed by atoms with Crippen molar-refractivity contribution in [3.8, 4) is 0 Å². The number of piperidine rings is 1. The molecule has 2 saturated heterocycles. The van der Waals surface area contributed by atoms with E-state index in [-0.39, 0.29) is 42.5 Å². The number of esters is 1. The number of piperazine rings is 1. The number of likely N-dealkylation sites (tertiary alicyclic amines) is 1. The van der Waals surface area contributed by atoms with Crippen molar-refractivity contribution >= 4 is 29.1 Å². The van der Waals surface area contributed by atoms with Crippen LogP contribution in [0.25, 0.3) is 0 Å². The van der Waals surface area contributed by atoms with Crippen LogP contribution in [0.15, 0.2) is 29.6 Å². The van der Waals surface area contributed by atoms with E-state index in [0.717, 1.165) is 23.4 Å². The number of nitrogens with zero attached hydrogens (tertiary/aromatic N) is 4. The molecule has 35 heavy (non-hydrogen) atoms. The Bertz CT molecular complexity index is 1030. The summed E-state index contributed by atoms with van der Waals surface area (Å²) < 4.78 is 18.1. The van der Waals surface area contributed by atoms with Gasteiger partial charge in [-0.25, -0.2) is 9.37 Å². The molecule has 1 aromatic carbocycles. The largest absolute Gasteiger partial charge is 0.465 e. The molecule has 10 heteroatoms. The molecule has 2 amide bonds. The van der Waals surface area contributed by atoms with Gasteiger partial charge in [0.1, 0.15) is 11.5 Å². The summed E-state index contributed by atoms with van der Waals surface area (Å²) in [5.74, 6) is -0.334. The molecule has 2 aliphatic rings. The van der Waals surface area contributed by atoms with Crippen LogP contribution in [0.2, 0.25) is 0 Å². The summed E-state index contributed by atoms with van der Waals surface area (Å²) in [7, 11) is 0. The van der Waals surface area contributed by atoms with E-state index in [1.54, 1.807) is 24.0 Å². The SMILES string of the molecule is CCOC(=O)CN1CCN(C(=O)c2csc(C3CCN(C(=O)Cc4ccc(F)cc4)CC3)n2)CC1. The average molecular weight is 503 g/mol. The Morgan fingerprint density at radius 2 is 1.71 bits per heavy atom. The zero-order valence-corrected chi connectivity index (χ0v) is 20.8. The molecule has 2 aliphatic heterocycles. The number of hydrogen-bond acceptors (Lipinski definition) is 7. The third kappa shape index (κ3) is 6.64. The number of carbonyl (C=O) groups is 3. The minimum Gasteiger partial charge on any atom is -0.465 e. The van der Waals surface area contributed by atoms with E-state index in [9.17, 15) is 18.8 Å². The van der Waals surface area contributed by atoms with Gasteiger partial charge in [-0.1, -0.05) is 12.1 Å². The number of rotatable bonds is 7. The fourth-order valence-corrected chi connectivity index (χ4v) is 5.46. The maximum Gasteiger partial charge on any atom is 0.320 e. The number of thiazole rings is 1. The highest BCUT2D eigenvalue weighted by molar-refractivity contribution is 7.09. The molecule has 0 saturated carbocycles. The zero-order valence-electron chi connectivity index (χ0n) is 20.0. The van der Waals surface area contributed by atoms with Crippen LogP contribution in [-0.4, -0.2) is 89.9 Å². The Labute approximate surface area is 208 Å². The molecular formula is C25H31FN4O4S. The van der Waals surface area contributed by atoms with Gasteiger partial charge in [-0.2, -0.15) is 0 Å². The first kappa shape index (κ1) is 25.2. The molecule has 0 atom stereocenters. The van der Waals surface area contributed by atoms with Crippen LogP contribution >= 0.6 is 11.3 Å². The van der Waals surface area contributed by atoms with Crippen molar-refractivity contribution in [2.24, 2.45) is 0 Å². The van der Waals surface area contributed by atoms with Crippen molar-refractivity contribution in [1.82, 2.24) is 19.7 Å². The standard InChI is InChI=1S/C25H31FN4O4S/c1-2-34-23(32)16-28-11-13-30(14-12-28)25(33)21-17-35-24(27-21)19-7-9-29(10-8-19)22(31)15-18-3-5-20(26)6-4-18/h3-6,17,19H,2,7-16H2,1H3. The van der Waals surface area contributed by atoms with Crippen LogP contribution in [0.3, 0.4) is 0 Å². The Morgan fingerprint density at radius 3 is 2.37 bits per heavy atom. The van der Waals surface area contributed by atoms with Gasteiger partial charge < -0.3 is 14.5 Å². The lowest BCUT2D eigenvalue weighted by molar-refractivity contribution is -0.144. The number of halogens is 1. The van der Waals surface area contributed by atoms with Crippen molar-refractivity contribution in [3.63, 3.8) is 0 Å². The highest BCUT2D eigenvalue weighted by Crippen LogP contribution is 2.31. The predicted octanol–water partition coefficient (Wildman–Crippen LogP) is 2.55. The van der Waals surface area contributed by atoms with E-state index in [1.165, 1.54) is 23.5 Å². The molecule has 188 valence electrons. The molecule has 0 bridgehead atoms. The van der Waals surface area contributed by atoms with E-state index in [4.69, 9.17) is 4.74 Å². The Morgan fingerprint density at radius 1 is 1.03 bits per heavy atom. The first-order chi connectivity index (χ1) is 16.9. The van der Waals surface area contributed by atoms with Gasteiger partial charge in [-0.05, 0) is 37.5 Å². The van der Waals surface area contributed by atoms with Gasteiger partial charge in [0.15, 0.2) is 0 Å². The lowest BCUT2D eigenvalue weighted by atomic mass is 9.97. The Balaban J connectivity index is 1.24. The van der Waals surface area contributed by atoms with Crippen molar-refractivity contribution in [2.75, 3.05) is 52.4 Å². The summed E-state index contributed by atoms with van der Waals surface area (Å²) in [5.41, 5.74) is 1.28. The monoisotopic (exact) mass is 502 g/mol. The first-order valence-corrected chi connectivity index (χ1v) is 13.0. The second-order valence-corrected chi connectivity index (χ2v) is 9.79. The summed E-state index contributed by atoms with van der Waals surface area (Å²) in [6.07, 6.45) is 1.89. The molecule has 8 nitrogen and oxygen atoms in total. The van der Waals surface area contributed by atoms with Crippen LogP contribution in [0.4, 0.5) is 4.39 Å². The number of amides is 2. The summed E-state index contributed by atoms with van der Waals surface area (Å²) in [6.45, 7) is 6.08. The van der Waals surface area contributed by atoms with E-state index >= 15 is 0 Å². The van der Waals surface area contributed by atoms with E-state index in [2.05, 4.69) is 4.98 Å². The summed E-state index contributed by atoms with van der Waals surface area (Å²) >= 11 is 1.51. The number of ether oxygens (including phenoxy) is 1. The van der Waals surface area contributed by atoms with Crippen molar-refractivity contribution in [1.29, 1.82) is 0 Å². The summed E-state index contributed by atoms with van der Waals surface area (Å²) in [4.78, 5) is 47.5. The van der Waals surface area contributed by atoms with Crippen LogP contribution in [0.5, 0.6) is 0 Å². The molecule has 0 radical (unpaired) electrons. The highest BCUT2D eigenvalue weighted by atomic mass is 32.1. The fourth-order valence-electron chi connectivity index (χ4n) is 4.50. The van der Waals surface area contributed by atoms with Crippen molar-refractivity contribution in [3.05, 3.63) is 51.7 Å². The van der Waals surface area contributed by atoms with Crippen LogP contribution in [0.1, 0.15) is 46.7 Å². The average Bonchev–Trinajstić information content (AvgIpc) is 3.36. The number of carbonyl (C=O) groups excluding carboxylic acids is 3. The van der Waals surface area contributed by atoms with Gasteiger partial charge in [0, 0.05) is 50.6 Å². The van der Waals surface area contributed by atoms with E-state index < -0.39 is 0 Å². The maximum atomic E-state index is 13.1. The number of aromatic nitrogens is 1. The second kappa shape index (κ2) is 11.7. The maximum absolute atomic E-state index is 13.1. The molecule has 3 heterocycles. The van der Waals surface area contributed by atoms with E-state index in [0.29, 0.717) is 51.6 Å². The Hall–Kier alpha value is -2.85. The highest BCUT2D eigenvalue weighted by Gasteiger charge is 2.28. The second-order valence-electron chi connectivity index (χ2n) is 8.90. The molecule has 2 aromatic rings. The van der Waals surface area contributed by atoms with Crippen LogP contribution in [-0.2, 0) is 20.7 Å². The van der Waals surface area contributed by atoms with Gasteiger partial charge in [-0.15, -0.1) is 11.3 Å². The quantitative estimate of drug-likeness (QED) is 0.542. The van der Waals surface area contributed by atoms with Gasteiger partial charge >= 0.3 is 5.97 Å². The topological polar surface area (TPSA) is 83.0 Å². The third-order valence-corrected chi connectivity index (χ3v) is 7.53. The fraction of sp³-hybridized carbons (Fsp3) is 0.520. The minimum atomic E-state index is -0.306. The molecule has 0 spiro atoms. The van der Waals surface area contributed by atoms with E-state index in [1.807, 2.05) is 15.2 Å². The zero-order chi connectivity index (χ0) is 24.8. The third-order valence-electron chi connectivity index (χ3n) is 6.52. The lowest BCUT2D eigenvalue weighted by Crippen LogP contribution is -2.50. The van der Waals surface area contributed by atoms with Crippen molar-refractivity contribution < 1.29 is 23.5 Å². The Kier molecular flexibility index (Phi) is 8.46. The van der Waals surface area contributed by atoms with Gasteiger partial charge in [0.25, 0.3) is 5.91 Å². The first-order valence-electron chi connectivity index (χ1n) is 12.1. The summed E-state index contributed by atoms with van der Waals surface area (Å²) in [5, 5.41) is 2.77. The summed E-state index contributed by atoms with van der Waals surface area (Å²) in [6, 6.07) is 6.04. The van der Waals surface area contributed by atoms with Gasteiger partial charge in [0.05, 0.1) is 24.6 Å².